The van der Waals surface area contributed by atoms with Crippen molar-refractivity contribution in [3.8, 4) is 11.4 Å². The van der Waals surface area contributed by atoms with Crippen LogP contribution in [0.15, 0.2) is 53.6 Å². The average Bonchev–Trinajstić information content (AvgIpc) is 3.34. The van der Waals surface area contributed by atoms with Crippen LogP contribution < -0.4 is 5.32 Å². The lowest BCUT2D eigenvalue weighted by atomic mass is 10.1. The number of hydrogen-bond donors (Lipinski definition) is 2. The number of pyridine rings is 2. The maximum atomic E-state index is 12.6. The van der Waals surface area contributed by atoms with E-state index in [0.717, 1.165) is 24.2 Å². The molecule has 0 unspecified atom stereocenters. The third-order valence-corrected chi connectivity index (χ3v) is 4.79. The van der Waals surface area contributed by atoms with E-state index in [1.807, 2.05) is 29.0 Å². The van der Waals surface area contributed by atoms with E-state index in [1.54, 1.807) is 36.0 Å². The number of hydrogen-bond acceptors (Lipinski definition) is 5. The highest BCUT2D eigenvalue weighted by molar-refractivity contribution is 7.08. The van der Waals surface area contributed by atoms with Gasteiger partial charge in [-0.2, -0.15) is 11.3 Å². The molecule has 2 N–H and O–H groups in total. The molecule has 0 saturated carbocycles. The SMILES string of the molecule is O=C(NCCCc1ccncc1)c1ccnc2nc(-c3ccsc3)[nH]c12. The van der Waals surface area contributed by atoms with Gasteiger partial charge in [-0.05, 0) is 48.1 Å². The van der Waals surface area contributed by atoms with Gasteiger partial charge in [0.2, 0.25) is 0 Å². The van der Waals surface area contributed by atoms with E-state index < -0.39 is 0 Å². The summed E-state index contributed by atoms with van der Waals surface area (Å²) in [7, 11) is 0. The molecule has 130 valence electrons. The minimum Gasteiger partial charge on any atom is -0.352 e. The molecular weight excluding hydrogens is 346 g/mol. The summed E-state index contributed by atoms with van der Waals surface area (Å²) in [5.41, 5.74) is 4.00. The Morgan fingerprint density at radius 3 is 2.85 bits per heavy atom. The first-order chi connectivity index (χ1) is 12.8. The van der Waals surface area contributed by atoms with Crippen LogP contribution in [0.25, 0.3) is 22.6 Å². The van der Waals surface area contributed by atoms with E-state index in [0.29, 0.717) is 23.3 Å². The summed E-state index contributed by atoms with van der Waals surface area (Å²) >= 11 is 1.60. The second-order valence-electron chi connectivity index (χ2n) is 5.87. The zero-order valence-corrected chi connectivity index (χ0v) is 14.8. The van der Waals surface area contributed by atoms with Crippen molar-refractivity contribution in [1.29, 1.82) is 0 Å². The summed E-state index contributed by atoms with van der Waals surface area (Å²) < 4.78 is 0. The van der Waals surface area contributed by atoms with E-state index in [-0.39, 0.29) is 5.91 Å². The molecule has 1 amide bonds. The molecule has 0 atom stereocenters. The minimum absolute atomic E-state index is 0.118. The van der Waals surface area contributed by atoms with Crippen molar-refractivity contribution in [1.82, 2.24) is 25.3 Å². The van der Waals surface area contributed by atoms with Crippen LogP contribution in [0.5, 0.6) is 0 Å². The second kappa shape index (κ2) is 7.45. The Hall–Kier alpha value is -3.06. The zero-order valence-electron chi connectivity index (χ0n) is 14.0. The molecule has 4 rings (SSSR count). The Morgan fingerprint density at radius 2 is 2.04 bits per heavy atom. The highest BCUT2D eigenvalue weighted by atomic mass is 32.1. The normalized spacial score (nSPS) is 10.9. The van der Waals surface area contributed by atoms with Gasteiger partial charge in [0.05, 0.1) is 11.1 Å². The Kier molecular flexibility index (Phi) is 4.70. The van der Waals surface area contributed by atoms with Gasteiger partial charge >= 0.3 is 0 Å². The molecule has 4 aromatic rings. The van der Waals surface area contributed by atoms with Crippen LogP contribution in [-0.2, 0) is 6.42 Å². The number of aromatic nitrogens is 4. The highest BCUT2D eigenvalue weighted by Gasteiger charge is 2.14. The van der Waals surface area contributed by atoms with Crippen LogP contribution in [0, 0.1) is 0 Å². The van der Waals surface area contributed by atoms with Gasteiger partial charge in [0.1, 0.15) is 5.82 Å². The fraction of sp³-hybridized carbons (Fsp3) is 0.158. The number of amides is 1. The maximum absolute atomic E-state index is 12.6. The smallest absolute Gasteiger partial charge is 0.253 e. The quantitative estimate of drug-likeness (QED) is 0.514. The molecule has 0 aliphatic heterocycles. The van der Waals surface area contributed by atoms with Crippen LogP contribution in [0.3, 0.4) is 0 Å². The average molecular weight is 363 g/mol. The van der Waals surface area contributed by atoms with Gasteiger partial charge in [-0.25, -0.2) is 9.97 Å². The largest absolute Gasteiger partial charge is 0.352 e. The molecule has 4 heterocycles. The fourth-order valence-corrected chi connectivity index (χ4v) is 3.42. The number of carbonyl (C=O) groups is 1. The number of thiophene rings is 1. The highest BCUT2D eigenvalue weighted by Crippen LogP contribution is 2.23. The topological polar surface area (TPSA) is 83.6 Å². The number of carbonyl (C=O) groups excluding carboxylic acids is 1. The summed E-state index contributed by atoms with van der Waals surface area (Å²) in [6, 6.07) is 7.69. The van der Waals surface area contributed by atoms with E-state index in [2.05, 4.69) is 25.3 Å². The van der Waals surface area contributed by atoms with Gasteiger partial charge in [0, 0.05) is 36.1 Å². The van der Waals surface area contributed by atoms with Crippen LogP contribution in [0.1, 0.15) is 22.3 Å². The molecule has 0 saturated heterocycles. The van der Waals surface area contributed by atoms with Crippen LogP contribution >= 0.6 is 11.3 Å². The number of rotatable bonds is 6. The Labute approximate surface area is 154 Å². The lowest BCUT2D eigenvalue weighted by Gasteiger charge is -2.06. The maximum Gasteiger partial charge on any atom is 0.253 e. The molecule has 0 aromatic carbocycles. The standard InChI is InChI=1S/C19H17N5OS/c25-19(22-7-1-2-13-3-8-20-9-4-13)15-5-10-21-18-16(15)23-17(24-18)14-6-11-26-12-14/h3-6,8-12H,1-2,7H2,(H,22,25)(H,21,23,24). The van der Waals surface area contributed by atoms with Crippen LogP contribution in [0.4, 0.5) is 0 Å². The third-order valence-electron chi connectivity index (χ3n) is 4.11. The molecule has 0 radical (unpaired) electrons. The van der Waals surface area contributed by atoms with Crippen molar-refractivity contribution >= 4 is 28.4 Å². The van der Waals surface area contributed by atoms with Crippen LogP contribution in [0.2, 0.25) is 0 Å². The summed E-state index contributed by atoms with van der Waals surface area (Å²) in [4.78, 5) is 28.6. The molecule has 6 nitrogen and oxygen atoms in total. The van der Waals surface area contributed by atoms with E-state index in [4.69, 9.17) is 0 Å². The van der Waals surface area contributed by atoms with Gasteiger partial charge in [-0.1, -0.05) is 0 Å². The summed E-state index contributed by atoms with van der Waals surface area (Å²) in [5.74, 6) is 0.610. The number of imidazole rings is 1. The summed E-state index contributed by atoms with van der Waals surface area (Å²) in [6.45, 7) is 0.608. The van der Waals surface area contributed by atoms with E-state index >= 15 is 0 Å². The van der Waals surface area contributed by atoms with E-state index in [1.165, 1.54) is 5.56 Å². The van der Waals surface area contributed by atoms with Gasteiger partial charge in [-0.15, -0.1) is 0 Å². The minimum atomic E-state index is -0.118. The summed E-state index contributed by atoms with van der Waals surface area (Å²) in [5, 5.41) is 6.98. The van der Waals surface area contributed by atoms with Gasteiger partial charge in [0.25, 0.3) is 5.91 Å². The van der Waals surface area contributed by atoms with Gasteiger partial charge in [-0.3, -0.25) is 9.78 Å². The summed E-state index contributed by atoms with van der Waals surface area (Å²) in [6.07, 6.45) is 6.95. The third kappa shape index (κ3) is 3.48. The van der Waals surface area contributed by atoms with Gasteiger partial charge < -0.3 is 10.3 Å². The first kappa shape index (κ1) is 16.4. The number of nitrogens with zero attached hydrogens (tertiary/aromatic N) is 3. The Bertz CT molecular complexity index is 1010. The number of nitrogens with one attached hydrogen (secondary N) is 2. The van der Waals surface area contributed by atoms with Crippen molar-refractivity contribution in [2.75, 3.05) is 6.54 Å². The molecular formula is C19H17N5OS. The number of fused-ring (bicyclic) bond motifs is 1. The first-order valence-corrected chi connectivity index (χ1v) is 9.30. The predicted molar refractivity (Wildman–Crippen MR) is 102 cm³/mol. The lowest BCUT2D eigenvalue weighted by Crippen LogP contribution is -2.25. The molecule has 0 fully saturated rings. The van der Waals surface area contributed by atoms with Crippen molar-refractivity contribution < 1.29 is 4.79 Å². The second-order valence-corrected chi connectivity index (χ2v) is 6.65. The molecule has 4 aromatic heterocycles. The molecule has 0 spiro atoms. The van der Waals surface area contributed by atoms with Crippen molar-refractivity contribution in [3.05, 3.63) is 64.7 Å². The molecule has 0 aliphatic carbocycles. The van der Waals surface area contributed by atoms with E-state index in [9.17, 15) is 4.79 Å². The van der Waals surface area contributed by atoms with Crippen molar-refractivity contribution in [3.63, 3.8) is 0 Å². The predicted octanol–water partition coefficient (Wildman–Crippen LogP) is 3.44. The molecule has 0 bridgehead atoms. The number of H-pyrrole nitrogens is 1. The van der Waals surface area contributed by atoms with Crippen LogP contribution in [-0.4, -0.2) is 32.4 Å². The Morgan fingerprint density at radius 1 is 1.15 bits per heavy atom. The Balaban J connectivity index is 1.45. The molecule has 0 aliphatic rings. The van der Waals surface area contributed by atoms with Crippen molar-refractivity contribution in [2.45, 2.75) is 12.8 Å². The number of aryl methyl sites for hydroxylation is 1. The molecule has 7 heteroatoms. The lowest BCUT2D eigenvalue weighted by molar-refractivity contribution is 0.0954. The van der Waals surface area contributed by atoms with Crippen molar-refractivity contribution in [2.24, 2.45) is 0 Å². The van der Waals surface area contributed by atoms with Gasteiger partial charge in [0.15, 0.2) is 5.65 Å². The monoisotopic (exact) mass is 363 g/mol. The fourth-order valence-electron chi connectivity index (χ4n) is 2.78. The molecule has 26 heavy (non-hydrogen) atoms. The number of aromatic amines is 1. The zero-order chi connectivity index (χ0) is 17.8. The first-order valence-electron chi connectivity index (χ1n) is 8.35.